The fraction of sp³-hybridized carbons (Fsp3) is 0.417. The van der Waals surface area contributed by atoms with Gasteiger partial charge >= 0.3 is 5.97 Å². The van der Waals surface area contributed by atoms with Crippen LogP contribution in [0.15, 0.2) is 18.2 Å². The molecule has 3 nitrogen and oxygen atoms in total. The number of carboxylic acids is 1. The van der Waals surface area contributed by atoms with Crippen LogP contribution in [0, 0.1) is 0 Å². The Balaban J connectivity index is 3.11. The summed E-state index contributed by atoms with van der Waals surface area (Å²) in [4.78, 5) is 10.6. The maximum absolute atomic E-state index is 10.6. The normalized spacial score (nSPS) is 12.5. The third kappa shape index (κ3) is 2.80. The van der Waals surface area contributed by atoms with Crippen LogP contribution in [0.4, 0.5) is 0 Å². The van der Waals surface area contributed by atoms with Crippen LogP contribution in [0.5, 0.6) is 0 Å². The zero-order valence-corrected chi connectivity index (χ0v) is 9.03. The molecule has 0 radical (unpaired) electrons. The second-order valence-electron chi connectivity index (χ2n) is 3.53. The average molecular weight is 208 g/mol. The molecule has 3 heteroatoms. The second kappa shape index (κ2) is 4.94. The first kappa shape index (κ1) is 11.7. The van der Waals surface area contributed by atoms with Crippen molar-refractivity contribution in [1.82, 2.24) is 0 Å². The number of carboxylic acid groups (broad SMARTS) is 1. The van der Waals surface area contributed by atoms with Crippen molar-refractivity contribution in [2.24, 2.45) is 0 Å². The maximum atomic E-state index is 10.6. The van der Waals surface area contributed by atoms with Crippen LogP contribution in [0.1, 0.15) is 36.6 Å². The third-order valence-corrected chi connectivity index (χ3v) is 2.44. The summed E-state index contributed by atoms with van der Waals surface area (Å²) in [5.74, 6) is -1.20. The van der Waals surface area contributed by atoms with Gasteiger partial charge in [-0.1, -0.05) is 32.0 Å². The molecule has 0 saturated heterocycles. The molecule has 2 N–H and O–H groups in total. The van der Waals surface area contributed by atoms with Gasteiger partial charge in [-0.15, -0.1) is 0 Å². The van der Waals surface area contributed by atoms with Gasteiger partial charge in [-0.3, -0.25) is 0 Å². The molecule has 0 aliphatic carbocycles. The Morgan fingerprint density at radius 1 is 1.20 bits per heavy atom. The smallest absolute Gasteiger partial charge is 0.337 e. The van der Waals surface area contributed by atoms with Crippen LogP contribution in [0.25, 0.3) is 0 Å². The lowest BCUT2D eigenvalue weighted by Gasteiger charge is -2.10. The highest BCUT2D eigenvalue weighted by molar-refractivity contribution is 5.74. The number of benzene rings is 1. The first-order valence-corrected chi connectivity index (χ1v) is 5.12. The van der Waals surface area contributed by atoms with E-state index < -0.39 is 12.1 Å². The Hall–Kier alpha value is -1.35. The largest absolute Gasteiger partial charge is 0.479 e. The number of aliphatic hydroxyl groups is 1. The quantitative estimate of drug-likeness (QED) is 0.794. The molecule has 0 aliphatic rings. The molecule has 1 atom stereocenters. The van der Waals surface area contributed by atoms with Crippen molar-refractivity contribution >= 4 is 5.97 Å². The number of hydrogen-bond donors (Lipinski definition) is 2. The van der Waals surface area contributed by atoms with E-state index in [-0.39, 0.29) is 0 Å². The van der Waals surface area contributed by atoms with Crippen molar-refractivity contribution in [2.45, 2.75) is 32.8 Å². The van der Waals surface area contributed by atoms with E-state index in [1.807, 2.05) is 19.9 Å². The summed E-state index contributed by atoms with van der Waals surface area (Å²) in [5.41, 5.74) is 2.59. The number of rotatable bonds is 4. The molecule has 0 aliphatic heterocycles. The highest BCUT2D eigenvalue weighted by Crippen LogP contribution is 2.18. The van der Waals surface area contributed by atoms with Crippen LogP contribution in [-0.4, -0.2) is 16.2 Å². The number of aliphatic carboxylic acids is 1. The van der Waals surface area contributed by atoms with Gasteiger partial charge in [0.2, 0.25) is 0 Å². The lowest BCUT2D eigenvalue weighted by atomic mass is 9.99. The van der Waals surface area contributed by atoms with Crippen molar-refractivity contribution in [2.75, 3.05) is 0 Å². The highest BCUT2D eigenvalue weighted by atomic mass is 16.4. The van der Waals surface area contributed by atoms with Gasteiger partial charge in [0.25, 0.3) is 0 Å². The summed E-state index contributed by atoms with van der Waals surface area (Å²) >= 11 is 0. The number of aliphatic hydroxyl groups excluding tert-OH is 1. The predicted octanol–water partition coefficient (Wildman–Crippen LogP) is 1.93. The first-order valence-electron chi connectivity index (χ1n) is 5.12. The topological polar surface area (TPSA) is 57.5 Å². The molecular formula is C12H16O3. The summed E-state index contributed by atoms with van der Waals surface area (Å²) in [6.07, 6.45) is 0.266. The molecule has 15 heavy (non-hydrogen) atoms. The Kier molecular flexibility index (Phi) is 3.86. The average Bonchev–Trinajstić information content (AvgIpc) is 2.27. The van der Waals surface area contributed by atoms with Crippen LogP contribution in [0.3, 0.4) is 0 Å². The van der Waals surface area contributed by atoms with Gasteiger partial charge in [0.15, 0.2) is 6.10 Å². The fourth-order valence-corrected chi connectivity index (χ4v) is 1.50. The number of hydrogen-bond acceptors (Lipinski definition) is 2. The Labute approximate surface area is 89.4 Å². The van der Waals surface area contributed by atoms with Crippen molar-refractivity contribution in [3.8, 4) is 0 Å². The van der Waals surface area contributed by atoms with Crippen molar-refractivity contribution in [3.63, 3.8) is 0 Å². The maximum Gasteiger partial charge on any atom is 0.337 e. The molecule has 1 aromatic rings. The minimum absolute atomic E-state index is 0.471. The molecule has 0 unspecified atom stereocenters. The molecule has 1 aromatic carbocycles. The fourth-order valence-electron chi connectivity index (χ4n) is 1.50. The van der Waals surface area contributed by atoms with E-state index >= 15 is 0 Å². The zero-order valence-electron chi connectivity index (χ0n) is 9.03. The summed E-state index contributed by atoms with van der Waals surface area (Å²) < 4.78 is 0. The molecule has 1 rings (SSSR count). The highest BCUT2D eigenvalue weighted by Gasteiger charge is 2.16. The SMILES string of the molecule is CCc1cc(CC)cc([C@@H](O)C(=O)O)c1. The standard InChI is InChI=1S/C12H16O3/c1-3-8-5-9(4-2)7-10(6-8)11(13)12(14)15/h5-7,11,13H,3-4H2,1-2H3,(H,14,15)/t11-/m1/s1. The molecular weight excluding hydrogens is 192 g/mol. The van der Waals surface area contributed by atoms with Gasteiger partial charge < -0.3 is 10.2 Å². The Morgan fingerprint density at radius 2 is 1.67 bits per heavy atom. The lowest BCUT2D eigenvalue weighted by Crippen LogP contribution is -2.11. The van der Waals surface area contributed by atoms with Gasteiger partial charge in [-0.2, -0.15) is 0 Å². The molecule has 0 bridgehead atoms. The zero-order chi connectivity index (χ0) is 11.4. The molecule has 0 spiro atoms. The van der Waals surface area contributed by atoms with E-state index in [4.69, 9.17) is 5.11 Å². The first-order chi connectivity index (χ1) is 7.08. The summed E-state index contributed by atoms with van der Waals surface area (Å²) in [6, 6.07) is 5.54. The van der Waals surface area contributed by atoms with Crippen molar-refractivity contribution in [3.05, 3.63) is 34.9 Å². The van der Waals surface area contributed by atoms with Gasteiger partial charge in [-0.25, -0.2) is 4.79 Å². The lowest BCUT2D eigenvalue weighted by molar-refractivity contribution is -0.146. The summed E-state index contributed by atoms with van der Waals surface area (Å²) in [7, 11) is 0. The van der Waals surface area contributed by atoms with Gasteiger partial charge in [0.05, 0.1) is 0 Å². The Morgan fingerprint density at radius 3 is 2.00 bits per heavy atom. The molecule has 0 fully saturated rings. The van der Waals surface area contributed by atoms with Crippen molar-refractivity contribution in [1.29, 1.82) is 0 Å². The molecule has 0 amide bonds. The van der Waals surface area contributed by atoms with Crippen LogP contribution >= 0.6 is 0 Å². The van der Waals surface area contributed by atoms with E-state index in [1.54, 1.807) is 12.1 Å². The van der Waals surface area contributed by atoms with E-state index in [0.717, 1.165) is 24.0 Å². The van der Waals surface area contributed by atoms with Gasteiger partial charge in [0, 0.05) is 0 Å². The second-order valence-corrected chi connectivity index (χ2v) is 3.53. The third-order valence-electron chi connectivity index (χ3n) is 2.44. The van der Waals surface area contributed by atoms with Crippen molar-refractivity contribution < 1.29 is 15.0 Å². The number of carbonyl (C=O) groups is 1. The summed E-state index contributed by atoms with van der Waals surface area (Å²) in [5, 5.41) is 18.2. The summed E-state index contributed by atoms with van der Waals surface area (Å²) in [6.45, 7) is 4.01. The molecule has 0 heterocycles. The van der Waals surface area contributed by atoms with E-state index in [1.165, 1.54) is 0 Å². The Bertz CT molecular complexity index is 336. The van der Waals surface area contributed by atoms with Crippen LogP contribution in [-0.2, 0) is 17.6 Å². The minimum atomic E-state index is -1.42. The van der Waals surface area contributed by atoms with Crippen LogP contribution < -0.4 is 0 Å². The van der Waals surface area contributed by atoms with Gasteiger partial charge in [0.1, 0.15) is 0 Å². The monoisotopic (exact) mass is 208 g/mol. The minimum Gasteiger partial charge on any atom is -0.479 e. The van der Waals surface area contributed by atoms with Crippen LogP contribution in [0.2, 0.25) is 0 Å². The molecule has 0 aromatic heterocycles. The van der Waals surface area contributed by atoms with Gasteiger partial charge in [-0.05, 0) is 29.5 Å². The number of aryl methyl sites for hydroxylation is 2. The van der Waals surface area contributed by atoms with E-state index in [2.05, 4.69) is 0 Å². The van der Waals surface area contributed by atoms with E-state index in [9.17, 15) is 9.90 Å². The molecule has 0 saturated carbocycles. The predicted molar refractivity (Wildman–Crippen MR) is 57.8 cm³/mol. The van der Waals surface area contributed by atoms with E-state index in [0.29, 0.717) is 5.56 Å². The molecule has 82 valence electrons.